The molecule has 138 valence electrons. The Morgan fingerprint density at radius 2 is 1.74 bits per heavy atom. The van der Waals surface area contributed by atoms with Crippen molar-refractivity contribution in [3.05, 3.63) is 89.0 Å². The van der Waals surface area contributed by atoms with Gasteiger partial charge in [0.15, 0.2) is 11.5 Å². The third-order valence-electron chi connectivity index (χ3n) is 5.00. The predicted molar refractivity (Wildman–Crippen MR) is 102 cm³/mol. The van der Waals surface area contributed by atoms with Crippen LogP contribution in [-0.4, -0.2) is 19.2 Å². The molecule has 0 amide bonds. The first-order valence-electron chi connectivity index (χ1n) is 8.87. The molecule has 3 aromatic rings. The molecule has 0 radical (unpaired) electrons. The van der Waals surface area contributed by atoms with Crippen molar-refractivity contribution in [1.29, 1.82) is 0 Å². The zero-order valence-electron chi connectivity index (χ0n) is 15.3. The monoisotopic (exact) mass is 364 g/mol. The van der Waals surface area contributed by atoms with E-state index in [1.807, 2.05) is 42.5 Å². The molecular formula is C22H21FN2O2. The van der Waals surface area contributed by atoms with Crippen LogP contribution < -0.4 is 14.8 Å². The zero-order chi connectivity index (χ0) is 18.8. The zero-order valence-corrected chi connectivity index (χ0v) is 15.3. The number of benzene rings is 2. The Morgan fingerprint density at radius 1 is 1.00 bits per heavy atom. The van der Waals surface area contributed by atoms with Gasteiger partial charge in [0.1, 0.15) is 5.82 Å². The number of methoxy groups -OCH3 is 2. The van der Waals surface area contributed by atoms with E-state index in [4.69, 9.17) is 9.47 Å². The number of hydrogen-bond donors (Lipinski definition) is 1. The molecule has 0 aliphatic carbocycles. The molecule has 2 heterocycles. The average Bonchev–Trinajstić information content (AvgIpc) is 2.73. The van der Waals surface area contributed by atoms with E-state index in [9.17, 15) is 4.39 Å². The first-order chi connectivity index (χ1) is 13.2. The van der Waals surface area contributed by atoms with Crippen LogP contribution in [0.1, 0.15) is 34.5 Å². The van der Waals surface area contributed by atoms with Gasteiger partial charge in [0.2, 0.25) is 0 Å². The number of pyridine rings is 1. The number of aromatic nitrogens is 1. The summed E-state index contributed by atoms with van der Waals surface area (Å²) in [4.78, 5) is 4.52. The van der Waals surface area contributed by atoms with Crippen molar-refractivity contribution in [3.63, 3.8) is 0 Å². The Balaban J connectivity index is 1.82. The smallest absolute Gasteiger partial charge is 0.161 e. The molecule has 1 aliphatic heterocycles. The van der Waals surface area contributed by atoms with Crippen molar-refractivity contribution in [2.24, 2.45) is 0 Å². The van der Waals surface area contributed by atoms with Gasteiger partial charge >= 0.3 is 0 Å². The van der Waals surface area contributed by atoms with Crippen LogP contribution in [0.15, 0.2) is 60.8 Å². The molecule has 1 N–H and O–H groups in total. The highest BCUT2D eigenvalue weighted by atomic mass is 19.1. The quantitative estimate of drug-likeness (QED) is 0.753. The summed E-state index contributed by atoms with van der Waals surface area (Å²) in [5, 5.41) is 3.67. The molecule has 0 bridgehead atoms. The molecular weight excluding hydrogens is 343 g/mol. The number of halogens is 1. The number of fused-ring (bicyclic) bond motifs is 1. The lowest BCUT2D eigenvalue weighted by molar-refractivity contribution is 0.350. The molecule has 0 unspecified atom stereocenters. The summed E-state index contributed by atoms with van der Waals surface area (Å²) in [5.74, 6) is 1.14. The molecule has 1 aromatic heterocycles. The Hall–Kier alpha value is -2.92. The average molecular weight is 364 g/mol. The molecule has 1 aliphatic rings. The van der Waals surface area contributed by atoms with Crippen molar-refractivity contribution < 1.29 is 13.9 Å². The van der Waals surface area contributed by atoms with Crippen molar-refractivity contribution in [2.45, 2.75) is 18.5 Å². The number of nitrogens with zero attached hydrogens (tertiary/aromatic N) is 1. The fourth-order valence-corrected chi connectivity index (χ4v) is 3.66. The van der Waals surface area contributed by atoms with Crippen molar-refractivity contribution >= 4 is 0 Å². The van der Waals surface area contributed by atoms with Gasteiger partial charge in [-0.1, -0.05) is 18.2 Å². The second-order valence-electron chi connectivity index (χ2n) is 6.57. The Labute approximate surface area is 158 Å². The summed E-state index contributed by atoms with van der Waals surface area (Å²) >= 11 is 0. The van der Waals surface area contributed by atoms with Crippen LogP contribution in [0.25, 0.3) is 0 Å². The summed E-state index contributed by atoms with van der Waals surface area (Å²) in [6, 6.07) is 16.5. The molecule has 5 heteroatoms. The van der Waals surface area contributed by atoms with Crippen molar-refractivity contribution in [3.8, 4) is 11.5 Å². The number of nitrogens with one attached hydrogen (secondary N) is 1. The second kappa shape index (κ2) is 7.37. The fourth-order valence-electron chi connectivity index (χ4n) is 3.66. The van der Waals surface area contributed by atoms with Gasteiger partial charge in [-0.2, -0.15) is 0 Å². The number of ether oxygens (including phenoxy) is 2. The van der Waals surface area contributed by atoms with Crippen LogP contribution in [0, 0.1) is 5.82 Å². The van der Waals surface area contributed by atoms with Gasteiger partial charge in [-0.25, -0.2) is 4.39 Å². The van der Waals surface area contributed by atoms with Gasteiger partial charge in [-0.15, -0.1) is 0 Å². The lowest BCUT2D eigenvalue weighted by atomic mass is 9.85. The summed E-state index contributed by atoms with van der Waals surface area (Å²) in [6.45, 7) is 0. The van der Waals surface area contributed by atoms with Gasteiger partial charge in [0.25, 0.3) is 0 Å². The third-order valence-corrected chi connectivity index (χ3v) is 5.00. The molecule has 0 saturated carbocycles. The third kappa shape index (κ3) is 3.38. The highest BCUT2D eigenvalue weighted by molar-refractivity contribution is 5.52. The predicted octanol–water partition coefficient (Wildman–Crippen LogP) is 4.21. The molecule has 4 nitrogen and oxygen atoms in total. The van der Waals surface area contributed by atoms with Gasteiger partial charge in [-0.05, 0) is 59.5 Å². The van der Waals surface area contributed by atoms with Gasteiger partial charge in [0, 0.05) is 6.20 Å². The minimum atomic E-state index is -0.247. The normalized spacial score (nSPS) is 18.6. The van der Waals surface area contributed by atoms with Crippen LogP contribution in [0.2, 0.25) is 0 Å². The van der Waals surface area contributed by atoms with Crippen LogP contribution in [0.3, 0.4) is 0 Å². The summed E-state index contributed by atoms with van der Waals surface area (Å²) in [7, 11) is 3.27. The summed E-state index contributed by atoms with van der Waals surface area (Å²) in [6.07, 6.45) is 2.58. The Kier molecular flexibility index (Phi) is 4.77. The van der Waals surface area contributed by atoms with E-state index in [2.05, 4.69) is 10.3 Å². The van der Waals surface area contributed by atoms with Crippen LogP contribution in [0.4, 0.5) is 4.39 Å². The molecule has 0 fully saturated rings. The molecule has 2 aromatic carbocycles. The van der Waals surface area contributed by atoms with E-state index < -0.39 is 0 Å². The van der Waals surface area contributed by atoms with E-state index in [-0.39, 0.29) is 17.9 Å². The SMILES string of the molecule is COc1cc2c(cc1OC)[C@H](c1ccc(F)cc1)N[C@H](c1ccccn1)C2. The standard InChI is InChI=1S/C22H21FN2O2/c1-26-20-12-15-11-19(18-5-3-4-10-24-18)25-22(17(15)13-21(20)27-2)14-6-8-16(23)9-7-14/h3-10,12-13,19,22,25H,11H2,1-2H3/t19-,22-/m0/s1. The molecule has 0 saturated heterocycles. The van der Waals surface area contributed by atoms with E-state index >= 15 is 0 Å². The minimum absolute atomic E-state index is 0.0480. The van der Waals surface area contributed by atoms with E-state index in [1.165, 1.54) is 12.1 Å². The summed E-state index contributed by atoms with van der Waals surface area (Å²) < 4.78 is 24.4. The minimum Gasteiger partial charge on any atom is -0.493 e. The second-order valence-corrected chi connectivity index (χ2v) is 6.57. The number of hydrogen-bond acceptors (Lipinski definition) is 4. The van der Waals surface area contributed by atoms with Crippen molar-refractivity contribution in [2.75, 3.05) is 14.2 Å². The largest absolute Gasteiger partial charge is 0.493 e. The summed E-state index contributed by atoms with van der Waals surface area (Å²) in [5.41, 5.74) is 4.23. The first-order valence-corrected chi connectivity index (χ1v) is 8.87. The van der Waals surface area contributed by atoms with Crippen molar-refractivity contribution in [1.82, 2.24) is 10.3 Å². The van der Waals surface area contributed by atoms with Crippen LogP contribution in [-0.2, 0) is 6.42 Å². The molecule has 0 spiro atoms. The maximum Gasteiger partial charge on any atom is 0.161 e. The number of rotatable bonds is 4. The lowest BCUT2D eigenvalue weighted by Crippen LogP contribution is -2.34. The lowest BCUT2D eigenvalue weighted by Gasteiger charge is -2.34. The Bertz CT molecular complexity index is 929. The Morgan fingerprint density at radius 3 is 2.41 bits per heavy atom. The molecule has 2 atom stereocenters. The highest BCUT2D eigenvalue weighted by Gasteiger charge is 2.30. The molecule has 4 rings (SSSR count). The van der Waals surface area contributed by atoms with Gasteiger partial charge < -0.3 is 9.47 Å². The highest BCUT2D eigenvalue weighted by Crippen LogP contribution is 2.41. The first kappa shape index (κ1) is 17.5. The molecule has 27 heavy (non-hydrogen) atoms. The maximum absolute atomic E-state index is 13.4. The van der Waals surface area contributed by atoms with E-state index in [1.54, 1.807) is 20.4 Å². The maximum atomic E-state index is 13.4. The van der Waals surface area contributed by atoms with E-state index in [0.717, 1.165) is 28.8 Å². The topological polar surface area (TPSA) is 43.4 Å². The fraction of sp³-hybridized carbons (Fsp3) is 0.227. The van der Waals surface area contributed by atoms with Crippen LogP contribution >= 0.6 is 0 Å². The van der Waals surface area contributed by atoms with Gasteiger partial charge in [-0.3, -0.25) is 10.3 Å². The van der Waals surface area contributed by atoms with Crippen LogP contribution in [0.5, 0.6) is 11.5 Å². The van der Waals surface area contributed by atoms with Gasteiger partial charge in [0.05, 0.1) is 32.0 Å². The van der Waals surface area contributed by atoms with E-state index in [0.29, 0.717) is 11.5 Å².